The maximum atomic E-state index is 13.9. The molecule has 7 heteroatoms. The number of fused-ring (bicyclic) bond motifs is 1. The first-order valence-electron chi connectivity index (χ1n) is 12.1. The highest BCUT2D eigenvalue weighted by molar-refractivity contribution is 6.35. The lowest BCUT2D eigenvalue weighted by Gasteiger charge is -2.42. The van der Waals surface area contributed by atoms with Gasteiger partial charge in [-0.3, -0.25) is 19.2 Å². The van der Waals surface area contributed by atoms with Gasteiger partial charge < -0.3 is 0 Å². The quantitative estimate of drug-likeness (QED) is 0.384. The Kier molecular flexibility index (Phi) is 6.96. The molecule has 1 aromatic heterocycles. The number of anilines is 2. The van der Waals surface area contributed by atoms with Gasteiger partial charge in [0.25, 0.3) is 5.56 Å². The normalized spacial score (nSPS) is 17.4. The zero-order valence-electron chi connectivity index (χ0n) is 19.5. The highest BCUT2D eigenvalue weighted by Crippen LogP contribution is 2.34. The third-order valence-electron chi connectivity index (χ3n) is 7.06. The number of benzene rings is 2. The lowest BCUT2D eigenvalue weighted by Crippen LogP contribution is -2.51. The second-order valence-corrected chi connectivity index (χ2v) is 10.3. The van der Waals surface area contributed by atoms with Gasteiger partial charge in [0.15, 0.2) is 0 Å². The first kappa shape index (κ1) is 23.4. The van der Waals surface area contributed by atoms with Crippen LogP contribution in [0.1, 0.15) is 55.3 Å². The van der Waals surface area contributed by atoms with Crippen molar-refractivity contribution < 1.29 is 0 Å². The van der Waals surface area contributed by atoms with Crippen LogP contribution >= 0.6 is 23.2 Å². The summed E-state index contributed by atoms with van der Waals surface area (Å²) >= 11 is 12.7. The number of hydrogen-bond donors (Lipinski definition) is 0. The minimum absolute atomic E-state index is 0.0304. The maximum absolute atomic E-state index is 13.9. The molecule has 1 fully saturated rings. The molecular weight excluding hydrogens is 467 g/mol. The molecule has 0 amide bonds. The van der Waals surface area contributed by atoms with Crippen molar-refractivity contribution in [3.8, 4) is 0 Å². The Hall–Kier alpha value is -2.34. The smallest absolute Gasteiger partial charge is 0.259 e. The summed E-state index contributed by atoms with van der Waals surface area (Å²) in [6, 6.07) is 16.1. The lowest BCUT2D eigenvalue weighted by molar-refractivity contribution is 0.123. The second kappa shape index (κ2) is 10.1. The molecule has 5 rings (SSSR count). The number of rotatable bonds is 4. The van der Waals surface area contributed by atoms with Crippen molar-refractivity contribution in [1.82, 2.24) is 14.5 Å². The van der Waals surface area contributed by atoms with Crippen molar-refractivity contribution in [3.63, 3.8) is 0 Å². The standard InChI is InChI=1S/C27H30Cl2N4O/c1-19-25(13-20-9-5-4-6-10-20)26(34)33-18-31(23-11-7-2-3-8-12-23)17-32(27(33)30-19)24-15-21(28)14-22(29)16-24/h4-6,9-10,14-16,23H,2-3,7-8,11-13,17-18H2,1H3. The fourth-order valence-corrected chi connectivity index (χ4v) is 5.76. The van der Waals surface area contributed by atoms with Gasteiger partial charge in [0.2, 0.25) is 5.95 Å². The predicted molar refractivity (Wildman–Crippen MR) is 139 cm³/mol. The van der Waals surface area contributed by atoms with Crippen LogP contribution in [0.5, 0.6) is 0 Å². The van der Waals surface area contributed by atoms with Crippen molar-refractivity contribution >= 4 is 34.8 Å². The predicted octanol–water partition coefficient (Wildman–Crippen LogP) is 6.54. The van der Waals surface area contributed by atoms with Crippen LogP contribution in [-0.4, -0.2) is 27.2 Å². The van der Waals surface area contributed by atoms with E-state index in [4.69, 9.17) is 28.2 Å². The zero-order chi connectivity index (χ0) is 23.7. The molecule has 178 valence electrons. The molecule has 1 aliphatic heterocycles. The average molecular weight is 497 g/mol. The third kappa shape index (κ3) is 4.88. The minimum Gasteiger partial charge on any atom is -0.298 e. The molecule has 0 unspecified atom stereocenters. The molecule has 0 spiro atoms. The van der Waals surface area contributed by atoms with E-state index in [9.17, 15) is 4.79 Å². The molecule has 5 nitrogen and oxygen atoms in total. The van der Waals surface area contributed by atoms with Crippen LogP contribution in [0, 0.1) is 6.92 Å². The number of halogens is 2. The summed E-state index contributed by atoms with van der Waals surface area (Å²) < 4.78 is 1.84. The van der Waals surface area contributed by atoms with Crippen molar-refractivity contribution in [1.29, 1.82) is 0 Å². The van der Waals surface area contributed by atoms with E-state index in [0.717, 1.165) is 35.3 Å². The Labute approximate surface area is 210 Å². The summed E-state index contributed by atoms with van der Waals surface area (Å²) in [5.41, 5.74) is 3.51. The van der Waals surface area contributed by atoms with E-state index in [0.29, 0.717) is 41.8 Å². The van der Waals surface area contributed by atoms with Gasteiger partial charge in [0.1, 0.15) is 0 Å². The van der Waals surface area contributed by atoms with Gasteiger partial charge >= 0.3 is 0 Å². The Balaban J connectivity index is 1.60. The molecule has 0 bridgehead atoms. The van der Waals surface area contributed by atoms with Gasteiger partial charge in [0.05, 0.1) is 19.0 Å². The van der Waals surface area contributed by atoms with Gasteiger partial charge in [-0.1, -0.05) is 79.2 Å². The van der Waals surface area contributed by atoms with Gasteiger partial charge in [-0.05, 0) is 43.5 Å². The van der Waals surface area contributed by atoms with Crippen molar-refractivity contribution in [2.24, 2.45) is 0 Å². The summed E-state index contributed by atoms with van der Waals surface area (Å²) in [5, 5.41) is 1.14. The molecule has 34 heavy (non-hydrogen) atoms. The summed E-state index contributed by atoms with van der Waals surface area (Å²) in [4.78, 5) is 23.3. The number of nitrogens with zero attached hydrogens (tertiary/aromatic N) is 4. The van der Waals surface area contributed by atoms with Crippen LogP contribution in [0.2, 0.25) is 10.0 Å². The fourth-order valence-electron chi connectivity index (χ4n) is 5.24. The Bertz CT molecular complexity index is 1200. The summed E-state index contributed by atoms with van der Waals surface area (Å²) in [7, 11) is 0. The summed E-state index contributed by atoms with van der Waals surface area (Å²) in [6.07, 6.45) is 7.93. The van der Waals surface area contributed by atoms with E-state index in [1.807, 2.05) is 41.8 Å². The first-order valence-corrected chi connectivity index (χ1v) is 12.9. The van der Waals surface area contributed by atoms with E-state index in [-0.39, 0.29) is 5.56 Å². The van der Waals surface area contributed by atoms with Crippen LogP contribution in [-0.2, 0) is 13.1 Å². The third-order valence-corrected chi connectivity index (χ3v) is 7.50. The Morgan fingerprint density at radius 1 is 0.941 bits per heavy atom. The van der Waals surface area contributed by atoms with Gasteiger partial charge in [-0.15, -0.1) is 0 Å². The Morgan fingerprint density at radius 3 is 2.29 bits per heavy atom. The molecule has 2 aliphatic rings. The van der Waals surface area contributed by atoms with Crippen LogP contribution in [0.3, 0.4) is 0 Å². The van der Waals surface area contributed by atoms with Gasteiger partial charge in [0, 0.05) is 33.8 Å². The topological polar surface area (TPSA) is 41.4 Å². The molecule has 0 radical (unpaired) electrons. The number of aromatic nitrogens is 2. The van der Waals surface area contributed by atoms with E-state index in [2.05, 4.69) is 21.9 Å². The van der Waals surface area contributed by atoms with Crippen LogP contribution in [0.25, 0.3) is 0 Å². The van der Waals surface area contributed by atoms with Crippen LogP contribution in [0.15, 0.2) is 53.3 Å². The SMILES string of the molecule is Cc1nc2n(c(=O)c1Cc1ccccc1)CN(C1CCCCCC1)CN2c1cc(Cl)cc(Cl)c1. The van der Waals surface area contributed by atoms with E-state index < -0.39 is 0 Å². The monoisotopic (exact) mass is 496 g/mol. The maximum Gasteiger partial charge on any atom is 0.259 e. The molecule has 0 atom stereocenters. The molecule has 0 saturated heterocycles. The molecule has 2 heterocycles. The van der Waals surface area contributed by atoms with Gasteiger partial charge in [-0.25, -0.2) is 4.98 Å². The molecule has 0 N–H and O–H groups in total. The average Bonchev–Trinajstić information content (AvgIpc) is 3.11. The Morgan fingerprint density at radius 2 is 1.62 bits per heavy atom. The molecule has 1 aliphatic carbocycles. The first-order chi connectivity index (χ1) is 16.5. The highest BCUT2D eigenvalue weighted by Gasteiger charge is 2.32. The fraction of sp³-hybridized carbons (Fsp3) is 0.407. The largest absolute Gasteiger partial charge is 0.298 e. The van der Waals surface area contributed by atoms with Crippen molar-refractivity contribution in [3.05, 3.63) is 85.8 Å². The lowest BCUT2D eigenvalue weighted by atomic mass is 10.0. The van der Waals surface area contributed by atoms with E-state index >= 15 is 0 Å². The zero-order valence-corrected chi connectivity index (χ0v) is 21.0. The van der Waals surface area contributed by atoms with Crippen LogP contribution < -0.4 is 10.5 Å². The summed E-state index contributed by atoms with van der Waals surface area (Å²) in [5.74, 6) is 0.655. The number of hydrogen-bond acceptors (Lipinski definition) is 4. The number of aryl methyl sites for hydroxylation is 1. The molecular formula is C27H30Cl2N4O. The van der Waals surface area contributed by atoms with Crippen molar-refractivity contribution in [2.75, 3.05) is 11.6 Å². The molecule has 2 aromatic carbocycles. The van der Waals surface area contributed by atoms with Gasteiger partial charge in [-0.2, -0.15) is 0 Å². The highest BCUT2D eigenvalue weighted by atomic mass is 35.5. The van der Waals surface area contributed by atoms with Crippen molar-refractivity contribution in [2.45, 2.75) is 64.6 Å². The molecule has 1 saturated carbocycles. The van der Waals surface area contributed by atoms with Crippen LogP contribution in [0.4, 0.5) is 11.6 Å². The van der Waals surface area contributed by atoms with E-state index in [1.165, 1.54) is 25.7 Å². The molecule has 3 aromatic rings. The summed E-state index contributed by atoms with van der Waals surface area (Å²) in [6.45, 7) is 3.14. The van der Waals surface area contributed by atoms with E-state index in [1.54, 1.807) is 6.07 Å². The minimum atomic E-state index is 0.0304. The second-order valence-electron chi connectivity index (χ2n) is 9.44.